The summed E-state index contributed by atoms with van der Waals surface area (Å²) in [5.74, 6) is 0.379. The fourth-order valence-corrected chi connectivity index (χ4v) is 2.45. The van der Waals surface area contributed by atoms with Gasteiger partial charge in [0.15, 0.2) is 6.61 Å². The number of ether oxygens (including phenoxy) is 1. The van der Waals surface area contributed by atoms with E-state index in [-0.39, 0.29) is 18.2 Å². The van der Waals surface area contributed by atoms with Gasteiger partial charge in [0.1, 0.15) is 10.6 Å². The van der Waals surface area contributed by atoms with E-state index in [9.17, 15) is 18.5 Å². The zero-order chi connectivity index (χ0) is 15.6. The standard InChI is InChI=1S/C10H8ClN3O6S/c1-6-12-10(13-20-6)5-19-8-3-2-7(14(15)16)4-9(8)21(11,17)18/h2-4H,5H2,1H3. The molecular formula is C10H8ClN3O6S. The second-order valence-electron chi connectivity index (χ2n) is 3.84. The molecule has 0 saturated heterocycles. The van der Waals surface area contributed by atoms with Gasteiger partial charge in [0.05, 0.1) is 4.92 Å². The van der Waals surface area contributed by atoms with Crippen molar-refractivity contribution in [2.24, 2.45) is 0 Å². The lowest BCUT2D eigenvalue weighted by Crippen LogP contribution is -2.03. The van der Waals surface area contributed by atoms with E-state index in [0.29, 0.717) is 5.89 Å². The van der Waals surface area contributed by atoms with Crippen LogP contribution in [0.5, 0.6) is 5.75 Å². The fourth-order valence-electron chi connectivity index (χ4n) is 1.46. The van der Waals surface area contributed by atoms with Gasteiger partial charge in [-0.2, -0.15) is 4.98 Å². The minimum Gasteiger partial charge on any atom is -0.484 e. The molecule has 0 bridgehead atoms. The monoisotopic (exact) mass is 333 g/mol. The molecule has 1 aromatic carbocycles. The van der Waals surface area contributed by atoms with Crippen molar-refractivity contribution in [2.45, 2.75) is 18.4 Å². The third kappa shape index (κ3) is 3.67. The summed E-state index contributed by atoms with van der Waals surface area (Å²) >= 11 is 0. The molecule has 112 valence electrons. The van der Waals surface area contributed by atoms with Crippen LogP contribution in [0.4, 0.5) is 5.69 Å². The molecule has 1 aromatic heterocycles. The van der Waals surface area contributed by atoms with E-state index in [2.05, 4.69) is 10.1 Å². The summed E-state index contributed by atoms with van der Waals surface area (Å²) < 4.78 is 32.9. The Labute approximate surface area is 123 Å². The van der Waals surface area contributed by atoms with Crippen LogP contribution in [0.2, 0.25) is 0 Å². The van der Waals surface area contributed by atoms with Crippen LogP contribution < -0.4 is 4.74 Å². The molecule has 0 aliphatic rings. The molecule has 2 rings (SSSR count). The smallest absolute Gasteiger partial charge is 0.271 e. The average Bonchev–Trinajstić information content (AvgIpc) is 2.81. The van der Waals surface area contributed by atoms with Crippen LogP contribution in [-0.2, 0) is 15.7 Å². The Hall–Kier alpha value is -2.20. The zero-order valence-electron chi connectivity index (χ0n) is 10.5. The molecule has 0 radical (unpaired) electrons. The third-order valence-electron chi connectivity index (χ3n) is 2.33. The van der Waals surface area contributed by atoms with E-state index in [0.717, 1.165) is 18.2 Å². The Bertz CT molecular complexity index is 788. The molecule has 0 fully saturated rings. The number of aryl methyl sites for hydroxylation is 1. The van der Waals surface area contributed by atoms with Crippen molar-refractivity contribution in [3.05, 3.63) is 40.0 Å². The molecule has 11 heteroatoms. The highest BCUT2D eigenvalue weighted by atomic mass is 35.7. The zero-order valence-corrected chi connectivity index (χ0v) is 12.1. The van der Waals surface area contributed by atoms with Gasteiger partial charge in [-0.1, -0.05) is 5.16 Å². The van der Waals surface area contributed by atoms with Crippen molar-refractivity contribution in [2.75, 3.05) is 0 Å². The van der Waals surface area contributed by atoms with E-state index in [1.165, 1.54) is 0 Å². The van der Waals surface area contributed by atoms with Gasteiger partial charge in [-0.05, 0) is 6.07 Å². The largest absolute Gasteiger partial charge is 0.484 e. The highest BCUT2D eigenvalue weighted by Gasteiger charge is 2.21. The molecule has 21 heavy (non-hydrogen) atoms. The minimum absolute atomic E-state index is 0.141. The number of hydrogen-bond acceptors (Lipinski definition) is 8. The highest BCUT2D eigenvalue weighted by Crippen LogP contribution is 2.31. The van der Waals surface area contributed by atoms with Crippen molar-refractivity contribution in [3.63, 3.8) is 0 Å². The molecule has 0 amide bonds. The molecule has 0 unspecified atom stereocenters. The van der Waals surface area contributed by atoms with Crippen molar-refractivity contribution >= 4 is 25.4 Å². The Balaban J connectivity index is 2.32. The summed E-state index contributed by atoms with van der Waals surface area (Å²) in [6, 6.07) is 3.06. The molecular weight excluding hydrogens is 326 g/mol. The number of halogens is 1. The Morgan fingerprint density at radius 2 is 2.19 bits per heavy atom. The number of nitro groups is 1. The van der Waals surface area contributed by atoms with E-state index >= 15 is 0 Å². The van der Waals surface area contributed by atoms with Crippen molar-refractivity contribution in [1.29, 1.82) is 0 Å². The molecule has 9 nitrogen and oxygen atoms in total. The summed E-state index contributed by atoms with van der Waals surface area (Å²) in [5.41, 5.74) is -0.419. The van der Waals surface area contributed by atoms with E-state index in [4.69, 9.17) is 19.9 Å². The van der Waals surface area contributed by atoms with E-state index < -0.39 is 24.6 Å². The second-order valence-corrected chi connectivity index (χ2v) is 6.38. The first-order chi connectivity index (χ1) is 9.77. The summed E-state index contributed by atoms with van der Waals surface area (Å²) in [4.78, 5) is 13.3. The quantitative estimate of drug-likeness (QED) is 0.460. The van der Waals surface area contributed by atoms with Crippen LogP contribution in [0.15, 0.2) is 27.6 Å². The molecule has 0 aliphatic heterocycles. The molecule has 1 heterocycles. The van der Waals surface area contributed by atoms with Gasteiger partial charge in [-0.25, -0.2) is 8.42 Å². The van der Waals surface area contributed by atoms with Gasteiger partial charge >= 0.3 is 0 Å². The first-order valence-electron chi connectivity index (χ1n) is 5.42. The predicted octanol–water partition coefficient (Wildman–Crippen LogP) is 1.79. The first kappa shape index (κ1) is 15.2. The number of benzene rings is 1. The molecule has 0 atom stereocenters. The van der Waals surface area contributed by atoms with Gasteiger partial charge in [0.25, 0.3) is 14.7 Å². The number of nitrogens with zero attached hydrogens (tertiary/aromatic N) is 3. The van der Waals surface area contributed by atoms with Gasteiger partial charge < -0.3 is 9.26 Å². The van der Waals surface area contributed by atoms with Crippen LogP contribution >= 0.6 is 10.7 Å². The maximum Gasteiger partial charge on any atom is 0.271 e. The van der Waals surface area contributed by atoms with Crippen LogP contribution in [0.3, 0.4) is 0 Å². The summed E-state index contributed by atoms with van der Waals surface area (Å²) in [7, 11) is 1.04. The number of hydrogen-bond donors (Lipinski definition) is 0. The lowest BCUT2D eigenvalue weighted by molar-refractivity contribution is -0.385. The Morgan fingerprint density at radius 1 is 1.48 bits per heavy atom. The summed E-state index contributed by atoms with van der Waals surface area (Å²) in [6.07, 6.45) is 0. The maximum atomic E-state index is 11.5. The number of nitro benzene ring substituents is 1. The molecule has 0 N–H and O–H groups in total. The predicted molar refractivity (Wildman–Crippen MR) is 69.5 cm³/mol. The molecule has 2 aromatic rings. The molecule has 0 spiro atoms. The average molecular weight is 334 g/mol. The van der Waals surface area contributed by atoms with Gasteiger partial charge in [0.2, 0.25) is 11.7 Å². The van der Waals surface area contributed by atoms with Gasteiger partial charge in [-0.3, -0.25) is 10.1 Å². The Kier molecular flexibility index (Phi) is 4.09. The summed E-state index contributed by atoms with van der Waals surface area (Å²) in [6.45, 7) is 1.41. The van der Waals surface area contributed by atoms with E-state index in [1.54, 1.807) is 6.92 Å². The molecule has 0 aliphatic carbocycles. The van der Waals surface area contributed by atoms with Crippen LogP contribution in [0, 0.1) is 17.0 Å². The number of rotatable bonds is 5. The van der Waals surface area contributed by atoms with Crippen molar-refractivity contribution in [1.82, 2.24) is 10.1 Å². The van der Waals surface area contributed by atoms with Crippen LogP contribution in [0.25, 0.3) is 0 Å². The third-order valence-corrected chi connectivity index (χ3v) is 3.67. The van der Waals surface area contributed by atoms with Crippen molar-refractivity contribution < 1.29 is 22.6 Å². The number of non-ortho nitro benzene ring substituents is 1. The SMILES string of the molecule is Cc1nc(COc2ccc([N+](=O)[O-])cc2S(=O)(=O)Cl)no1. The van der Waals surface area contributed by atoms with Crippen molar-refractivity contribution in [3.8, 4) is 5.75 Å². The first-order valence-corrected chi connectivity index (χ1v) is 7.73. The summed E-state index contributed by atoms with van der Waals surface area (Å²) in [5, 5.41) is 14.2. The minimum atomic E-state index is -4.21. The maximum absolute atomic E-state index is 11.5. The topological polar surface area (TPSA) is 125 Å². The molecule has 0 saturated carbocycles. The fraction of sp³-hybridized carbons (Fsp3) is 0.200. The number of aromatic nitrogens is 2. The van der Waals surface area contributed by atoms with E-state index in [1.807, 2.05) is 0 Å². The second kappa shape index (κ2) is 5.66. The lowest BCUT2D eigenvalue weighted by atomic mass is 10.3. The highest BCUT2D eigenvalue weighted by molar-refractivity contribution is 8.13. The lowest BCUT2D eigenvalue weighted by Gasteiger charge is -2.07. The van der Waals surface area contributed by atoms with Gasteiger partial charge in [0, 0.05) is 29.7 Å². The van der Waals surface area contributed by atoms with Crippen LogP contribution in [-0.4, -0.2) is 23.5 Å². The normalized spacial score (nSPS) is 11.3. The Morgan fingerprint density at radius 3 is 2.71 bits per heavy atom. The van der Waals surface area contributed by atoms with Crippen LogP contribution in [0.1, 0.15) is 11.7 Å². The van der Waals surface area contributed by atoms with Gasteiger partial charge in [-0.15, -0.1) is 0 Å².